The molecule has 1 aliphatic carbocycles. The van der Waals surface area contributed by atoms with Crippen molar-refractivity contribution in [3.05, 3.63) is 64.8 Å². The lowest BCUT2D eigenvalue weighted by atomic mass is 9.81. The second-order valence-corrected chi connectivity index (χ2v) is 10.7. The van der Waals surface area contributed by atoms with Gasteiger partial charge in [-0.05, 0) is 76.9 Å². The van der Waals surface area contributed by atoms with E-state index in [1.807, 2.05) is 0 Å². The van der Waals surface area contributed by atoms with Crippen LogP contribution in [0.2, 0.25) is 0 Å². The van der Waals surface area contributed by atoms with Gasteiger partial charge in [0, 0.05) is 11.6 Å². The third-order valence-electron chi connectivity index (χ3n) is 7.05. The Bertz CT molecular complexity index is 1400. The second-order valence-electron chi connectivity index (χ2n) is 10.7. The summed E-state index contributed by atoms with van der Waals surface area (Å²) in [4.78, 5) is 0. The summed E-state index contributed by atoms with van der Waals surface area (Å²) < 4.78 is 9.13. The van der Waals surface area contributed by atoms with Gasteiger partial charge in [0.2, 0.25) is 5.69 Å². The van der Waals surface area contributed by atoms with Gasteiger partial charge >= 0.3 is 0 Å². The summed E-state index contributed by atoms with van der Waals surface area (Å²) in [6.45, 7) is 9.18. The monoisotopic (exact) mass is 408 g/mol. The predicted octanol–water partition coefficient (Wildman–Crippen LogP) is 6.98. The van der Waals surface area contributed by atoms with E-state index in [2.05, 4.69) is 81.9 Å². The highest BCUT2D eigenvalue weighted by Gasteiger charge is 2.34. The number of benzene rings is 3. The van der Waals surface area contributed by atoms with Crippen LogP contribution in [0, 0.1) is 12.3 Å². The number of pyridine rings is 1. The largest absolute Gasteiger partial charge is 0.455 e. The average Bonchev–Trinajstić information content (AvgIpc) is 2.72. The second kappa shape index (κ2) is 6.32. The van der Waals surface area contributed by atoms with E-state index < -0.39 is 0 Å². The van der Waals surface area contributed by atoms with Gasteiger partial charge in [-0.1, -0.05) is 45.0 Å². The number of ether oxygens (including phenoxy) is 1. The van der Waals surface area contributed by atoms with Crippen LogP contribution in [0.25, 0.3) is 32.8 Å². The Morgan fingerprint density at radius 1 is 1.03 bits per heavy atom. The lowest BCUT2D eigenvalue weighted by molar-refractivity contribution is -0.659. The van der Waals surface area contributed by atoms with E-state index in [0.717, 1.165) is 30.8 Å². The molecule has 0 unspecified atom stereocenters. The van der Waals surface area contributed by atoms with Crippen molar-refractivity contribution in [2.45, 2.75) is 53.4 Å². The molecule has 0 N–H and O–H groups in total. The van der Waals surface area contributed by atoms with Gasteiger partial charge in [0.15, 0.2) is 6.20 Å². The van der Waals surface area contributed by atoms with E-state index in [9.17, 15) is 0 Å². The molecular weight excluding hydrogens is 378 g/mol. The summed E-state index contributed by atoms with van der Waals surface area (Å²) in [7, 11) is 2.17. The third kappa shape index (κ3) is 2.74. The Hall–Kier alpha value is -2.87. The molecule has 156 valence electrons. The zero-order valence-corrected chi connectivity index (χ0v) is 19.2. The number of nitrogens with zero attached hydrogens (tertiary/aromatic N) is 1. The van der Waals surface area contributed by atoms with Crippen molar-refractivity contribution >= 4 is 21.5 Å². The minimum absolute atomic E-state index is 0.239. The van der Waals surface area contributed by atoms with Gasteiger partial charge in [0.25, 0.3) is 0 Å². The Morgan fingerprint density at radius 2 is 1.87 bits per heavy atom. The standard InChI is InChI=1S/C29H30NO/c1-17-21-10-6-8-19-9-7-11-22(25(19)21)28-24(17)27-26-20(12-13-30(27)5)14-18(15-23(26)31-28)16-29(2,3)4/h6,8,10,12-15H,7,9,11,16H2,1-5H3/q+1. The molecule has 0 saturated heterocycles. The molecule has 31 heavy (non-hydrogen) atoms. The van der Waals surface area contributed by atoms with E-state index >= 15 is 0 Å². The molecule has 2 heterocycles. The number of fused-ring (bicyclic) bond motifs is 3. The number of hydrogen-bond donors (Lipinski definition) is 0. The first-order valence-electron chi connectivity index (χ1n) is 11.5. The fraction of sp³-hybridized carbons (Fsp3) is 0.345. The molecule has 0 spiro atoms. The summed E-state index contributed by atoms with van der Waals surface area (Å²) in [5.41, 5.74) is 8.39. The van der Waals surface area contributed by atoms with Gasteiger partial charge in [-0.15, -0.1) is 0 Å². The summed E-state index contributed by atoms with van der Waals surface area (Å²) in [5, 5.41) is 5.35. The van der Waals surface area contributed by atoms with Crippen LogP contribution in [-0.2, 0) is 26.3 Å². The SMILES string of the molecule is Cc1c2c(c3c4c(cccc14)CCC3)Oc1cc(CC(C)(C)C)cc3cc[n+](C)c-2c13. The van der Waals surface area contributed by atoms with Crippen molar-refractivity contribution in [1.29, 1.82) is 0 Å². The van der Waals surface area contributed by atoms with Crippen molar-refractivity contribution in [1.82, 2.24) is 0 Å². The molecule has 4 aromatic rings. The molecule has 1 aromatic heterocycles. The maximum Gasteiger partial charge on any atom is 0.228 e. The summed E-state index contributed by atoms with van der Waals surface area (Å²) in [6, 6.07) is 13.7. The molecule has 2 aliphatic rings. The fourth-order valence-electron chi connectivity index (χ4n) is 5.87. The smallest absolute Gasteiger partial charge is 0.228 e. The number of aryl methyl sites for hydroxylation is 4. The van der Waals surface area contributed by atoms with E-state index in [0.29, 0.717) is 0 Å². The molecule has 3 aromatic carbocycles. The fourth-order valence-corrected chi connectivity index (χ4v) is 5.87. The maximum atomic E-state index is 6.85. The molecule has 2 nitrogen and oxygen atoms in total. The van der Waals surface area contributed by atoms with E-state index in [4.69, 9.17) is 4.74 Å². The highest BCUT2D eigenvalue weighted by Crippen LogP contribution is 2.52. The third-order valence-corrected chi connectivity index (χ3v) is 7.05. The average molecular weight is 409 g/mol. The first kappa shape index (κ1) is 18.9. The van der Waals surface area contributed by atoms with E-state index in [-0.39, 0.29) is 5.41 Å². The first-order valence-corrected chi connectivity index (χ1v) is 11.5. The normalized spacial score (nSPS) is 14.6. The topological polar surface area (TPSA) is 13.1 Å². The van der Waals surface area contributed by atoms with Crippen LogP contribution in [0.15, 0.2) is 42.6 Å². The van der Waals surface area contributed by atoms with Crippen LogP contribution in [0.5, 0.6) is 11.5 Å². The molecular formula is C29H30NO+. The van der Waals surface area contributed by atoms with E-state index in [1.54, 1.807) is 0 Å². The van der Waals surface area contributed by atoms with Crippen molar-refractivity contribution in [2.24, 2.45) is 12.5 Å². The van der Waals surface area contributed by atoms with E-state index in [1.165, 1.54) is 61.5 Å². The molecule has 6 rings (SSSR count). The summed E-state index contributed by atoms with van der Waals surface area (Å²) in [5.74, 6) is 2.12. The molecule has 2 heteroatoms. The van der Waals surface area contributed by atoms with Gasteiger partial charge < -0.3 is 4.74 Å². The minimum Gasteiger partial charge on any atom is -0.455 e. The van der Waals surface area contributed by atoms with Crippen molar-refractivity contribution in [3.8, 4) is 22.8 Å². The number of rotatable bonds is 1. The maximum absolute atomic E-state index is 6.85. The summed E-state index contributed by atoms with van der Waals surface area (Å²) >= 11 is 0. The lowest BCUT2D eigenvalue weighted by Crippen LogP contribution is -2.32. The van der Waals surface area contributed by atoms with Crippen molar-refractivity contribution in [2.75, 3.05) is 0 Å². The van der Waals surface area contributed by atoms with Gasteiger partial charge in [0.1, 0.15) is 18.5 Å². The predicted molar refractivity (Wildman–Crippen MR) is 128 cm³/mol. The quantitative estimate of drug-likeness (QED) is 0.273. The van der Waals surface area contributed by atoms with Gasteiger partial charge in [-0.2, -0.15) is 0 Å². The van der Waals surface area contributed by atoms with Crippen LogP contribution >= 0.6 is 0 Å². The lowest BCUT2D eigenvalue weighted by Gasteiger charge is -2.28. The Labute approximate surface area is 184 Å². The van der Waals surface area contributed by atoms with Crippen LogP contribution in [-0.4, -0.2) is 0 Å². The van der Waals surface area contributed by atoms with Gasteiger partial charge in [-0.25, -0.2) is 4.57 Å². The number of aromatic nitrogens is 1. The van der Waals surface area contributed by atoms with Gasteiger partial charge in [-0.3, -0.25) is 0 Å². The molecule has 0 bridgehead atoms. The van der Waals surface area contributed by atoms with Crippen LogP contribution in [0.4, 0.5) is 0 Å². The molecule has 0 fully saturated rings. The Balaban J connectivity index is 1.73. The van der Waals surface area contributed by atoms with Crippen molar-refractivity contribution in [3.63, 3.8) is 0 Å². The summed E-state index contributed by atoms with van der Waals surface area (Å²) in [6.07, 6.45) is 6.70. The molecule has 0 atom stereocenters. The minimum atomic E-state index is 0.239. The van der Waals surface area contributed by atoms with Crippen LogP contribution in [0.1, 0.15) is 49.4 Å². The molecule has 1 aliphatic heterocycles. The van der Waals surface area contributed by atoms with Gasteiger partial charge in [0.05, 0.1) is 10.9 Å². The number of hydrogen-bond acceptors (Lipinski definition) is 1. The highest BCUT2D eigenvalue weighted by atomic mass is 16.5. The highest BCUT2D eigenvalue weighted by molar-refractivity contribution is 6.07. The first-order chi connectivity index (χ1) is 14.8. The van der Waals surface area contributed by atoms with Crippen LogP contribution < -0.4 is 9.30 Å². The molecule has 0 saturated carbocycles. The zero-order chi connectivity index (χ0) is 21.5. The molecule has 0 amide bonds. The molecule has 0 radical (unpaired) electrons. The Kier molecular flexibility index (Phi) is 3.85. The Morgan fingerprint density at radius 3 is 2.68 bits per heavy atom. The zero-order valence-electron chi connectivity index (χ0n) is 19.2. The van der Waals surface area contributed by atoms with Crippen LogP contribution in [0.3, 0.4) is 0 Å². The van der Waals surface area contributed by atoms with Crippen molar-refractivity contribution < 1.29 is 9.30 Å².